The fourth-order valence-electron chi connectivity index (χ4n) is 3.22. The molecule has 7 heteroatoms. The van der Waals surface area contributed by atoms with Gasteiger partial charge in [0.2, 0.25) is 5.95 Å². The first-order chi connectivity index (χ1) is 10.8. The average Bonchev–Trinajstić information content (AvgIpc) is 3.18. The van der Waals surface area contributed by atoms with Gasteiger partial charge in [0.05, 0.1) is 11.3 Å². The second kappa shape index (κ2) is 5.89. The van der Waals surface area contributed by atoms with Crippen LogP contribution in [0.3, 0.4) is 0 Å². The number of benzene rings is 1. The molecule has 0 radical (unpaired) electrons. The fraction of sp³-hybridized carbons (Fsp3) is 0.533. The highest BCUT2D eigenvalue weighted by atomic mass is 32.2. The van der Waals surface area contributed by atoms with E-state index in [0.29, 0.717) is 12.0 Å². The van der Waals surface area contributed by atoms with E-state index in [1.165, 1.54) is 5.75 Å². The van der Waals surface area contributed by atoms with Crippen LogP contribution in [0, 0.1) is 0 Å². The largest absolute Gasteiger partial charge is 0.374 e. The highest BCUT2D eigenvalue weighted by Gasteiger charge is 2.40. The molecule has 2 saturated heterocycles. The van der Waals surface area contributed by atoms with Gasteiger partial charge in [0, 0.05) is 18.4 Å². The van der Waals surface area contributed by atoms with Crippen LogP contribution in [0.5, 0.6) is 0 Å². The molecule has 116 valence electrons. The lowest BCUT2D eigenvalue weighted by Gasteiger charge is -2.38. The summed E-state index contributed by atoms with van der Waals surface area (Å²) < 4.78 is 7.83. The fourth-order valence-corrected chi connectivity index (χ4v) is 4.60. The topological polar surface area (TPSA) is 64.9 Å². The normalized spacial score (nSPS) is 28.1. The number of tetrazole rings is 1. The lowest BCUT2D eigenvalue weighted by atomic mass is 9.90. The molecule has 1 N–H and O–H groups in total. The number of ether oxygens (including phenoxy) is 1. The van der Waals surface area contributed by atoms with Gasteiger partial charge in [-0.2, -0.15) is 16.4 Å². The highest BCUT2D eigenvalue weighted by Crippen LogP contribution is 2.38. The van der Waals surface area contributed by atoms with Crippen LogP contribution in [0.1, 0.15) is 19.3 Å². The molecule has 0 unspecified atom stereocenters. The summed E-state index contributed by atoms with van der Waals surface area (Å²) >= 11 is 1.99. The van der Waals surface area contributed by atoms with Crippen molar-refractivity contribution in [1.29, 1.82) is 0 Å². The Morgan fingerprint density at radius 1 is 1.32 bits per heavy atom. The molecule has 2 fully saturated rings. The van der Waals surface area contributed by atoms with Crippen LogP contribution in [0.15, 0.2) is 30.3 Å². The van der Waals surface area contributed by atoms with Crippen molar-refractivity contribution in [2.75, 3.05) is 23.4 Å². The number of aromatic nitrogens is 4. The van der Waals surface area contributed by atoms with Crippen LogP contribution < -0.4 is 5.32 Å². The number of para-hydroxylation sites is 1. The molecule has 2 aliphatic heterocycles. The van der Waals surface area contributed by atoms with E-state index in [9.17, 15) is 0 Å². The number of anilines is 1. The standard InChI is InChI=1S/C15H19N5OS/c1-2-4-13(5-3-1)20-14(17-18-19-20)16-12-6-8-21-15(10-12)7-9-22-11-15/h1-5,12H,6-11H2,(H,16,17,19)/t12-,15-/m1/s1. The first kappa shape index (κ1) is 14.0. The van der Waals surface area contributed by atoms with Crippen LogP contribution in [0.4, 0.5) is 5.95 Å². The number of thioether (sulfide) groups is 1. The third-order valence-electron chi connectivity index (χ3n) is 4.36. The second-order valence-corrected chi connectivity index (χ2v) is 7.02. The Kier molecular flexibility index (Phi) is 3.75. The summed E-state index contributed by atoms with van der Waals surface area (Å²) in [6.07, 6.45) is 3.18. The van der Waals surface area contributed by atoms with Crippen molar-refractivity contribution in [2.24, 2.45) is 0 Å². The van der Waals surface area contributed by atoms with E-state index < -0.39 is 0 Å². The van der Waals surface area contributed by atoms with E-state index in [-0.39, 0.29) is 5.60 Å². The first-order valence-corrected chi connectivity index (χ1v) is 8.82. The summed E-state index contributed by atoms with van der Waals surface area (Å²) in [5.41, 5.74) is 1.03. The molecular formula is C15H19N5OS. The van der Waals surface area contributed by atoms with Crippen LogP contribution in [0.25, 0.3) is 5.69 Å². The Morgan fingerprint density at radius 3 is 3.05 bits per heavy atom. The van der Waals surface area contributed by atoms with E-state index in [1.54, 1.807) is 4.68 Å². The molecule has 4 rings (SSSR count). The van der Waals surface area contributed by atoms with Crippen molar-refractivity contribution in [3.05, 3.63) is 30.3 Å². The zero-order valence-electron chi connectivity index (χ0n) is 12.3. The maximum Gasteiger partial charge on any atom is 0.247 e. The van der Waals surface area contributed by atoms with Gasteiger partial charge < -0.3 is 10.1 Å². The Bertz CT molecular complexity index is 626. The molecule has 3 heterocycles. The molecule has 2 atom stereocenters. The minimum atomic E-state index is 0.0611. The third kappa shape index (κ3) is 2.70. The van der Waals surface area contributed by atoms with Crippen molar-refractivity contribution >= 4 is 17.7 Å². The van der Waals surface area contributed by atoms with Gasteiger partial charge in [-0.25, -0.2) is 0 Å². The molecule has 1 aromatic heterocycles. The lowest BCUT2D eigenvalue weighted by molar-refractivity contribution is -0.0629. The zero-order chi connectivity index (χ0) is 14.8. The molecule has 6 nitrogen and oxygen atoms in total. The Labute approximate surface area is 133 Å². The zero-order valence-corrected chi connectivity index (χ0v) is 13.1. The van der Waals surface area contributed by atoms with E-state index >= 15 is 0 Å². The molecule has 1 aromatic carbocycles. The van der Waals surface area contributed by atoms with Crippen molar-refractivity contribution in [1.82, 2.24) is 20.2 Å². The summed E-state index contributed by atoms with van der Waals surface area (Å²) in [5, 5.41) is 15.6. The number of hydrogen-bond acceptors (Lipinski definition) is 6. The highest BCUT2D eigenvalue weighted by molar-refractivity contribution is 7.99. The molecule has 1 spiro atoms. The number of nitrogens with one attached hydrogen (secondary N) is 1. The van der Waals surface area contributed by atoms with Crippen LogP contribution >= 0.6 is 11.8 Å². The summed E-state index contributed by atoms with van der Waals surface area (Å²) in [5.74, 6) is 3.02. The van der Waals surface area contributed by atoms with E-state index in [4.69, 9.17) is 4.74 Å². The predicted molar refractivity (Wildman–Crippen MR) is 86.4 cm³/mol. The van der Waals surface area contributed by atoms with Crippen molar-refractivity contribution in [3.63, 3.8) is 0 Å². The number of hydrogen-bond donors (Lipinski definition) is 1. The maximum absolute atomic E-state index is 6.07. The maximum atomic E-state index is 6.07. The molecule has 0 aliphatic carbocycles. The molecule has 0 bridgehead atoms. The summed E-state index contributed by atoms with van der Waals surface area (Å²) in [6.45, 7) is 0.811. The molecule has 0 saturated carbocycles. The van der Waals surface area contributed by atoms with Gasteiger partial charge in [0.1, 0.15) is 0 Å². The van der Waals surface area contributed by atoms with Crippen LogP contribution in [0.2, 0.25) is 0 Å². The average molecular weight is 317 g/mol. The van der Waals surface area contributed by atoms with E-state index in [0.717, 1.165) is 37.3 Å². The van der Waals surface area contributed by atoms with Crippen LogP contribution in [-0.4, -0.2) is 50.0 Å². The quantitative estimate of drug-likeness (QED) is 0.935. The molecule has 22 heavy (non-hydrogen) atoms. The smallest absolute Gasteiger partial charge is 0.247 e. The van der Waals surface area contributed by atoms with Crippen LogP contribution in [-0.2, 0) is 4.74 Å². The lowest BCUT2D eigenvalue weighted by Crippen LogP contribution is -2.44. The van der Waals surface area contributed by atoms with E-state index in [2.05, 4.69) is 20.8 Å². The van der Waals surface area contributed by atoms with Gasteiger partial charge in [-0.1, -0.05) is 23.3 Å². The molecule has 2 aliphatic rings. The summed E-state index contributed by atoms with van der Waals surface area (Å²) in [7, 11) is 0. The minimum absolute atomic E-state index is 0.0611. The monoisotopic (exact) mass is 317 g/mol. The van der Waals surface area contributed by atoms with Gasteiger partial charge >= 0.3 is 0 Å². The molecule has 2 aromatic rings. The molecular weight excluding hydrogens is 298 g/mol. The van der Waals surface area contributed by atoms with Gasteiger partial charge in [0.25, 0.3) is 0 Å². The molecule has 0 amide bonds. The Balaban J connectivity index is 1.51. The Morgan fingerprint density at radius 2 is 2.23 bits per heavy atom. The third-order valence-corrected chi connectivity index (χ3v) is 5.59. The SMILES string of the molecule is c1ccc(-n2nnnc2N[C@@H]2CCO[C@]3(CCSC3)C2)cc1. The number of rotatable bonds is 3. The second-order valence-electron chi connectivity index (χ2n) is 5.92. The van der Waals surface area contributed by atoms with Crippen molar-refractivity contribution in [2.45, 2.75) is 30.9 Å². The Hall–Kier alpha value is -1.60. The summed E-state index contributed by atoms with van der Waals surface area (Å²) in [4.78, 5) is 0. The first-order valence-electron chi connectivity index (χ1n) is 7.67. The number of nitrogens with zero attached hydrogens (tertiary/aromatic N) is 4. The van der Waals surface area contributed by atoms with Gasteiger partial charge in [0.15, 0.2) is 0 Å². The van der Waals surface area contributed by atoms with Gasteiger partial charge in [-0.3, -0.25) is 0 Å². The minimum Gasteiger partial charge on any atom is -0.374 e. The van der Waals surface area contributed by atoms with Crippen molar-refractivity contribution in [3.8, 4) is 5.69 Å². The van der Waals surface area contributed by atoms with E-state index in [1.807, 2.05) is 42.1 Å². The van der Waals surface area contributed by atoms with Gasteiger partial charge in [-0.05, 0) is 47.6 Å². The van der Waals surface area contributed by atoms with Gasteiger partial charge in [-0.15, -0.1) is 0 Å². The summed E-state index contributed by atoms with van der Waals surface area (Å²) in [6, 6.07) is 10.3. The predicted octanol–water partition coefficient (Wildman–Crippen LogP) is 2.13. The van der Waals surface area contributed by atoms with Crippen molar-refractivity contribution < 1.29 is 4.74 Å².